The fraction of sp³-hybridized carbons (Fsp3) is 0.0667. The zero-order valence-electron chi connectivity index (χ0n) is 11.3. The molecule has 0 saturated heterocycles. The van der Waals surface area contributed by atoms with E-state index in [1.807, 2.05) is 0 Å². The zero-order valence-corrected chi connectivity index (χ0v) is 12.2. The molecule has 1 aromatic heterocycles. The lowest BCUT2D eigenvalue weighted by Gasteiger charge is -2.09. The van der Waals surface area contributed by atoms with E-state index in [2.05, 4.69) is 9.97 Å². The molecule has 0 aliphatic carbocycles. The van der Waals surface area contributed by atoms with Gasteiger partial charge in [0.05, 0.1) is 17.5 Å². The maximum Gasteiger partial charge on any atom is 0.258 e. The average Bonchev–Trinajstić information content (AvgIpc) is 2.48. The van der Waals surface area contributed by atoms with Gasteiger partial charge in [0.2, 0.25) is 0 Å². The van der Waals surface area contributed by atoms with Crippen molar-refractivity contribution in [3.8, 4) is 16.9 Å². The summed E-state index contributed by atoms with van der Waals surface area (Å²) < 4.78 is 22.0. The molecule has 0 radical (unpaired) electrons. The minimum absolute atomic E-state index is 0.103. The zero-order chi connectivity index (χ0) is 15.7. The summed E-state index contributed by atoms with van der Waals surface area (Å²) in [5.74, 6) is -0.229. The summed E-state index contributed by atoms with van der Waals surface area (Å²) in [4.78, 5) is 18.3. The van der Waals surface area contributed by atoms with Gasteiger partial charge in [0.25, 0.3) is 5.56 Å². The fourth-order valence-corrected chi connectivity index (χ4v) is 2.95. The van der Waals surface area contributed by atoms with Crippen molar-refractivity contribution in [2.45, 2.75) is 5.75 Å². The first-order chi connectivity index (χ1) is 10.6. The van der Waals surface area contributed by atoms with E-state index in [0.29, 0.717) is 16.7 Å². The third-order valence-corrected chi connectivity index (χ3v) is 3.95. The van der Waals surface area contributed by atoms with Gasteiger partial charge in [0.1, 0.15) is 22.0 Å². The van der Waals surface area contributed by atoms with E-state index in [0.717, 1.165) is 0 Å². The first-order valence-electron chi connectivity index (χ1n) is 6.47. The SMILES string of the molecule is O=c1[nH]cnc2c(O)cc(-c3ccccc3C[SH](=O)=O)cc12. The molecule has 3 aromatic rings. The summed E-state index contributed by atoms with van der Waals surface area (Å²) in [6, 6.07) is 10.0. The molecule has 112 valence electrons. The van der Waals surface area contributed by atoms with Crippen LogP contribution < -0.4 is 5.56 Å². The number of rotatable bonds is 3. The quantitative estimate of drug-likeness (QED) is 0.634. The highest BCUT2D eigenvalue weighted by Gasteiger charge is 2.11. The first kappa shape index (κ1) is 14.3. The minimum atomic E-state index is -2.57. The molecule has 0 bridgehead atoms. The molecule has 2 aromatic carbocycles. The molecule has 0 amide bonds. The topological polar surface area (TPSA) is 100 Å². The van der Waals surface area contributed by atoms with Crippen LogP contribution in [0.3, 0.4) is 0 Å². The number of H-pyrrole nitrogens is 1. The van der Waals surface area contributed by atoms with E-state index >= 15 is 0 Å². The Morgan fingerprint density at radius 2 is 1.95 bits per heavy atom. The van der Waals surface area contributed by atoms with E-state index in [1.165, 1.54) is 12.4 Å². The highest BCUT2D eigenvalue weighted by Crippen LogP contribution is 2.31. The lowest BCUT2D eigenvalue weighted by Crippen LogP contribution is -2.06. The average molecular weight is 316 g/mol. The molecule has 0 saturated carbocycles. The van der Waals surface area contributed by atoms with Gasteiger partial charge in [-0.1, -0.05) is 24.3 Å². The highest BCUT2D eigenvalue weighted by atomic mass is 32.2. The van der Waals surface area contributed by atoms with Crippen molar-refractivity contribution < 1.29 is 13.5 Å². The number of aromatic nitrogens is 2. The summed E-state index contributed by atoms with van der Waals surface area (Å²) in [6.45, 7) is 0. The molecular formula is C15H12N2O4S. The summed E-state index contributed by atoms with van der Waals surface area (Å²) in [7, 11) is -2.57. The fourth-order valence-electron chi connectivity index (χ4n) is 2.40. The third-order valence-electron chi connectivity index (χ3n) is 3.35. The Hall–Kier alpha value is -2.67. The number of thiol groups is 1. The Balaban J connectivity index is 2.28. The van der Waals surface area contributed by atoms with Gasteiger partial charge in [0.15, 0.2) is 0 Å². The predicted molar refractivity (Wildman–Crippen MR) is 83.5 cm³/mol. The lowest BCUT2D eigenvalue weighted by molar-refractivity contribution is 0.480. The van der Waals surface area contributed by atoms with Crippen molar-refractivity contribution in [1.29, 1.82) is 0 Å². The Bertz CT molecular complexity index is 984. The van der Waals surface area contributed by atoms with E-state index in [-0.39, 0.29) is 28.0 Å². The van der Waals surface area contributed by atoms with Gasteiger partial charge in [0, 0.05) is 0 Å². The number of phenolic OH excluding ortho intramolecular Hbond substituents is 1. The Kier molecular flexibility index (Phi) is 3.64. The van der Waals surface area contributed by atoms with Gasteiger partial charge < -0.3 is 10.1 Å². The number of nitrogens with zero attached hydrogens (tertiary/aromatic N) is 1. The third kappa shape index (κ3) is 2.58. The second-order valence-corrected chi connectivity index (χ2v) is 5.75. The molecule has 6 nitrogen and oxygen atoms in total. The predicted octanol–water partition coefficient (Wildman–Crippen LogP) is 1.41. The van der Waals surface area contributed by atoms with Crippen molar-refractivity contribution in [1.82, 2.24) is 9.97 Å². The second-order valence-electron chi connectivity index (χ2n) is 4.77. The number of fused-ring (bicyclic) bond motifs is 1. The Labute approximate surface area is 127 Å². The molecule has 0 atom stereocenters. The van der Waals surface area contributed by atoms with Crippen LogP contribution in [0.15, 0.2) is 47.5 Å². The van der Waals surface area contributed by atoms with Crippen molar-refractivity contribution in [3.05, 3.63) is 58.6 Å². The van der Waals surface area contributed by atoms with Crippen LogP contribution >= 0.6 is 0 Å². The summed E-state index contributed by atoms with van der Waals surface area (Å²) in [5, 5.41) is 10.3. The number of hydrogen-bond acceptors (Lipinski definition) is 5. The summed E-state index contributed by atoms with van der Waals surface area (Å²) >= 11 is 0. The first-order valence-corrected chi connectivity index (χ1v) is 7.83. The van der Waals surface area contributed by atoms with Crippen LogP contribution in [-0.4, -0.2) is 23.5 Å². The summed E-state index contributed by atoms with van der Waals surface area (Å²) in [5.41, 5.74) is 1.67. The van der Waals surface area contributed by atoms with Gasteiger partial charge in [-0.15, -0.1) is 0 Å². The second kappa shape index (κ2) is 5.61. The van der Waals surface area contributed by atoms with Crippen molar-refractivity contribution in [2.24, 2.45) is 0 Å². The van der Waals surface area contributed by atoms with Crippen LogP contribution in [0.25, 0.3) is 22.0 Å². The molecule has 0 aliphatic heterocycles. The van der Waals surface area contributed by atoms with Crippen LogP contribution in [0.1, 0.15) is 5.56 Å². The van der Waals surface area contributed by atoms with Crippen molar-refractivity contribution in [2.75, 3.05) is 0 Å². The molecule has 0 spiro atoms. The number of aromatic hydroxyl groups is 1. The van der Waals surface area contributed by atoms with Crippen LogP contribution in [0, 0.1) is 0 Å². The summed E-state index contributed by atoms with van der Waals surface area (Å²) in [6.07, 6.45) is 1.22. The minimum Gasteiger partial charge on any atom is -0.506 e. The molecule has 0 aliphatic rings. The Morgan fingerprint density at radius 1 is 1.18 bits per heavy atom. The molecule has 22 heavy (non-hydrogen) atoms. The molecular weight excluding hydrogens is 304 g/mol. The number of hydrogen-bond donors (Lipinski definition) is 3. The number of aromatic amines is 1. The van der Waals surface area contributed by atoms with E-state index in [1.54, 1.807) is 30.3 Å². The van der Waals surface area contributed by atoms with E-state index in [9.17, 15) is 18.3 Å². The number of benzene rings is 2. The number of nitrogens with one attached hydrogen (secondary N) is 1. The van der Waals surface area contributed by atoms with Crippen molar-refractivity contribution in [3.63, 3.8) is 0 Å². The van der Waals surface area contributed by atoms with Crippen LogP contribution in [0.5, 0.6) is 5.75 Å². The van der Waals surface area contributed by atoms with Crippen molar-refractivity contribution >= 4 is 21.6 Å². The van der Waals surface area contributed by atoms with Crippen LogP contribution in [0.2, 0.25) is 0 Å². The maximum atomic E-state index is 11.9. The largest absolute Gasteiger partial charge is 0.506 e. The standard InChI is InChI=1S/C15H12N2O4S/c18-13-6-10(5-12-14(13)16-8-17-15(12)19)11-4-2-1-3-9(11)7-22(20)21/h1-6,8,18,22H,7H2,(H,16,17,19). The molecule has 3 rings (SSSR count). The number of phenols is 1. The van der Waals surface area contributed by atoms with Gasteiger partial charge in [-0.25, -0.2) is 13.4 Å². The monoisotopic (exact) mass is 316 g/mol. The lowest BCUT2D eigenvalue weighted by atomic mass is 9.99. The van der Waals surface area contributed by atoms with Crippen LogP contribution in [-0.2, 0) is 16.5 Å². The van der Waals surface area contributed by atoms with Gasteiger partial charge in [-0.2, -0.15) is 0 Å². The molecule has 2 N–H and O–H groups in total. The van der Waals surface area contributed by atoms with Gasteiger partial charge in [-0.05, 0) is 28.8 Å². The van der Waals surface area contributed by atoms with Gasteiger partial charge in [-0.3, -0.25) is 4.79 Å². The van der Waals surface area contributed by atoms with Crippen LogP contribution in [0.4, 0.5) is 0 Å². The molecule has 7 heteroatoms. The molecule has 0 fully saturated rings. The normalized spacial score (nSPS) is 11.1. The molecule has 0 unspecified atom stereocenters. The molecule has 1 heterocycles. The highest BCUT2D eigenvalue weighted by molar-refractivity contribution is 7.71. The van der Waals surface area contributed by atoms with Gasteiger partial charge >= 0.3 is 0 Å². The van der Waals surface area contributed by atoms with E-state index < -0.39 is 10.7 Å². The smallest absolute Gasteiger partial charge is 0.258 e. The Morgan fingerprint density at radius 3 is 2.73 bits per heavy atom. The van der Waals surface area contributed by atoms with E-state index in [4.69, 9.17) is 0 Å². The maximum absolute atomic E-state index is 11.9.